The van der Waals surface area contributed by atoms with E-state index >= 15 is 0 Å². The van der Waals surface area contributed by atoms with E-state index in [2.05, 4.69) is 24.5 Å². The summed E-state index contributed by atoms with van der Waals surface area (Å²) in [4.78, 5) is 30.8. The lowest BCUT2D eigenvalue weighted by Gasteiger charge is -2.11. The third-order valence-electron chi connectivity index (χ3n) is 5.56. The van der Waals surface area contributed by atoms with E-state index in [4.69, 9.17) is 14.8 Å². The number of pyridine rings is 1. The van der Waals surface area contributed by atoms with E-state index < -0.39 is 0 Å². The molecule has 2 aromatic heterocycles. The van der Waals surface area contributed by atoms with Gasteiger partial charge in [-0.1, -0.05) is 39.0 Å². The molecule has 1 aromatic carbocycles. The molecule has 0 saturated heterocycles. The molecule has 0 aliphatic heterocycles. The standard InChI is InChI=1S/C26H34N4O4/c1-5-21-22(29-25(32)18-9-7-6-8-10-18)16-20-19(15-17(2)3)23(30(4)24(20)28-21)26(33)27-11-13-34-14-12-31/h6-10,16-17,31H,5,11-15H2,1-4H3,(H,27,33)(H,29,32). The smallest absolute Gasteiger partial charge is 0.268 e. The molecule has 8 nitrogen and oxygen atoms in total. The molecule has 3 N–H and O–H groups in total. The van der Waals surface area contributed by atoms with Gasteiger partial charge in [-0.3, -0.25) is 9.59 Å². The minimum Gasteiger partial charge on any atom is -0.394 e. The molecule has 3 rings (SSSR count). The monoisotopic (exact) mass is 466 g/mol. The Bertz CT molecular complexity index is 1140. The van der Waals surface area contributed by atoms with Gasteiger partial charge in [-0.05, 0) is 42.5 Å². The van der Waals surface area contributed by atoms with Gasteiger partial charge < -0.3 is 25.0 Å². The number of nitrogens with one attached hydrogen (secondary N) is 2. The molecule has 2 heterocycles. The number of benzene rings is 1. The van der Waals surface area contributed by atoms with Crippen molar-refractivity contribution < 1.29 is 19.4 Å². The second-order valence-corrected chi connectivity index (χ2v) is 8.60. The summed E-state index contributed by atoms with van der Waals surface area (Å²) in [5, 5.41) is 15.6. The highest BCUT2D eigenvalue weighted by Crippen LogP contribution is 2.31. The zero-order chi connectivity index (χ0) is 24.7. The Morgan fingerprint density at radius 1 is 1.15 bits per heavy atom. The molecule has 0 atom stereocenters. The van der Waals surface area contributed by atoms with Crippen LogP contribution in [0.2, 0.25) is 0 Å². The van der Waals surface area contributed by atoms with Crippen LogP contribution in [0.3, 0.4) is 0 Å². The SMILES string of the molecule is CCc1nc2c(cc1NC(=O)c1ccccc1)c(CC(C)C)c(C(=O)NCCOCCO)n2C. The molecule has 182 valence electrons. The van der Waals surface area contributed by atoms with Crippen LogP contribution in [0, 0.1) is 5.92 Å². The number of hydrogen-bond acceptors (Lipinski definition) is 5. The van der Waals surface area contributed by atoms with Crippen molar-refractivity contribution in [3.63, 3.8) is 0 Å². The lowest BCUT2D eigenvalue weighted by Crippen LogP contribution is -2.30. The highest BCUT2D eigenvalue weighted by atomic mass is 16.5. The van der Waals surface area contributed by atoms with Gasteiger partial charge in [-0.2, -0.15) is 0 Å². The van der Waals surface area contributed by atoms with Crippen LogP contribution in [0.4, 0.5) is 5.69 Å². The van der Waals surface area contributed by atoms with Gasteiger partial charge in [-0.15, -0.1) is 0 Å². The number of ether oxygens (including phenoxy) is 1. The first-order valence-corrected chi connectivity index (χ1v) is 11.7. The number of aliphatic hydroxyl groups excluding tert-OH is 1. The van der Waals surface area contributed by atoms with Crippen LogP contribution in [0.15, 0.2) is 36.4 Å². The molecule has 0 aliphatic carbocycles. The number of fused-ring (bicyclic) bond motifs is 1. The Morgan fingerprint density at radius 3 is 2.53 bits per heavy atom. The summed E-state index contributed by atoms with van der Waals surface area (Å²) in [6.07, 6.45) is 1.33. The van der Waals surface area contributed by atoms with Crippen LogP contribution in [-0.4, -0.2) is 52.8 Å². The number of carbonyl (C=O) groups excluding carboxylic acids is 2. The highest BCUT2D eigenvalue weighted by molar-refractivity contribution is 6.06. The van der Waals surface area contributed by atoms with Crippen LogP contribution in [0.5, 0.6) is 0 Å². The molecular formula is C26H34N4O4. The van der Waals surface area contributed by atoms with Gasteiger partial charge in [0.2, 0.25) is 0 Å². The van der Waals surface area contributed by atoms with Crippen molar-refractivity contribution in [2.45, 2.75) is 33.6 Å². The average molecular weight is 467 g/mol. The van der Waals surface area contributed by atoms with E-state index in [1.807, 2.05) is 42.8 Å². The third-order valence-corrected chi connectivity index (χ3v) is 5.56. The lowest BCUT2D eigenvalue weighted by atomic mass is 9.99. The Balaban J connectivity index is 2.00. The summed E-state index contributed by atoms with van der Waals surface area (Å²) in [6.45, 7) is 7.06. The number of hydrogen-bond donors (Lipinski definition) is 3. The van der Waals surface area contributed by atoms with Gasteiger partial charge >= 0.3 is 0 Å². The minimum atomic E-state index is -0.198. The molecular weight excluding hydrogens is 432 g/mol. The van der Waals surface area contributed by atoms with Crippen LogP contribution in [0.1, 0.15) is 52.9 Å². The van der Waals surface area contributed by atoms with Crippen LogP contribution >= 0.6 is 0 Å². The van der Waals surface area contributed by atoms with E-state index in [1.165, 1.54) is 0 Å². The van der Waals surface area contributed by atoms with Crippen LogP contribution in [-0.2, 0) is 24.6 Å². The van der Waals surface area contributed by atoms with Crippen molar-refractivity contribution in [3.05, 3.63) is 58.9 Å². The molecule has 8 heteroatoms. The molecule has 0 saturated carbocycles. The van der Waals surface area contributed by atoms with E-state index in [0.29, 0.717) is 54.5 Å². The second kappa shape index (κ2) is 11.8. The molecule has 0 radical (unpaired) electrons. The van der Waals surface area contributed by atoms with Gasteiger partial charge in [0, 0.05) is 24.5 Å². The second-order valence-electron chi connectivity index (χ2n) is 8.60. The molecule has 0 aliphatic rings. The number of anilines is 1. The van der Waals surface area contributed by atoms with Crippen molar-refractivity contribution in [1.29, 1.82) is 0 Å². The van der Waals surface area contributed by atoms with E-state index in [1.54, 1.807) is 12.1 Å². The van der Waals surface area contributed by atoms with Gasteiger partial charge in [-0.25, -0.2) is 4.98 Å². The summed E-state index contributed by atoms with van der Waals surface area (Å²) < 4.78 is 7.08. The van der Waals surface area contributed by atoms with Gasteiger partial charge in [0.1, 0.15) is 11.3 Å². The zero-order valence-electron chi connectivity index (χ0n) is 20.4. The Kier molecular flexibility index (Phi) is 8.79. The summed E-state index contributed by atoms with van der Waals surface area (Å²) in [5.41, 5.74) is 4.18. The first-order valence-electron chi connectivity index (χ1n) is 11.7. The van der Waals surface area contributed by atoms with Gasteiger partial charge in [0.05, 0.1) is 31.2 Å². The summed E-state index contributed by atoms with van der Waals surface area (Å²) in [5.74, 6) is -0.0754. The van der Waals surface area contributed by atoms with Crippen molar-refractivity contribution in [2.24, 2.45) is 13.0 Å². The van der Waals surface area contributed by atoms with E-state index in [0.717, 1.165) is 16.6 Å². The molecule has 3 aromatic rings. The highest BCUT2D eigenvalue weighted by Gasteiger charge is 2.24. The number of nitrogens with zero attached hydrogens (tertiary/aromatic N) is 2. The quantitative estimate of drug-likeness (QED) is 0.376. The number of aromatic nitrogens is 2. The number of aryl methyl sites for hydroxylation is 2. The molecule has 34 heavy (non-hydrogen) atoms. The Morgan fingerprint density at radius 2 is 1.88 bits per heavy atom. The summed E-state index contributed by atoms with van der Waals surface area (Å²) in [7, 11) is 1.85. The van der Waals surface area contributed by atoms with Crippen molar-refractivity contribution in [1.82, 2.24) is 14.9 Å². The number of carbonyl (C=O) groups is 2. The predicted molar refractivity (Wildman–Crippen MR) is 133 cm³/mol. The van der Waals surface area contributed by atoms with Crippen molar-refractivity contribution in [2.75, 3.05) is 31.7 Å². The predicted octanol–water partition coefficient (Wildman–Crippen LogP) is 3.33. The molecule has 2 amide bonds. The lowest BCUT2D eigenvalue weighted by molar-refractivity contribution is 0.0832. The first-order chi connectivity index (χ1) is 16.4. The molecule has 0 fully saturated rings. The van der Waals surface area contributed by atoms with Crippen molar-refractivity contribution in [3.8, 4) is 0 Å². The first kappa shape index (κ1) is 25.4. The molecule has 0 spiro atoms. The topological polar surface area (TPSA) is 105 Å². The normalized spacial score (nSPS) is 11.2. The number of rotatable bonds is 11. The van der Waals surface area contributed by atoms with E-state index in [-0.39, 0.29) is 25.0 Å². The average Bonchev–Trinajstić information content (AvgIpc) is 3.08. The zero-order valence-corrected chi connectivity index (χ0v) is 20.4. The fraction of sp³-hybridized carbons (Fsp3) is 0.423. The maximum Gasteiger partial charge on any atom is 0.268 e. The number of aliphatic hydroxyl groups is 1. The Labute approximate surface area is 200 Å². The third kappa shape index (κ3) is 5.81. The minimum absolute atomic E-state index is 0.0513. The van der Waals surface area contributed by atoms with E-state index in [9.17, 15) is 9.59 Å². The van der Waals surface area contributed by atoms with Crippen LogP contribution < -0.4 is 10.6 Å². The van der Waals surface area contributed by atoms with Gasteiger partial charge in [0.25, 0.3) is 11.8 Å². The summed E-state index contributed by atoms with van der Waals surface area (Å²) in [6, 6.07) is 11.0. The molecule has 0 bridgehead atoms. The molecule has 0 unspecified atom stereocenters. The maximum atomic E-state index is 13.1. The fourth-order valence-corrected chi connectivity index (χ4v) is 4.01. The van der Waals surface area contributed by atoms with Crippen LogP contribution in [0.25, 0.3) is 11.0 Å². The van der Waals surface area contributed by atoms with Gasteiger partial charge in [0.15, 0.2) is 0 Å². The maximum absolute atomic E-state index is 13.1. The largest absolute Gasteiger partial charge is 0.394 e. The summed E-state index contributed by atoms with van der Waals surface area (Å²) >= 11 is 0. The Hall–Kier alpha value is -3.23. The fourth-order valence-electron chi connectivity index (χ4n) is 4.01. The van der Waals surface area contributed by atoms with Crippen molar-refractivity contribution >= 4 is 28.5 Å². The number of amides is 2.